The smallest absolute Gasteiger partial charge is 0.380 e. The molecule has 2 atom stereocenters. The number of benzene rings is 2. The van der Waals surface area contributed by atoms with Gasteiger partial charge in [0, 0.05) is 29.1 Å². The molecule has 1 fully saturated rings. The van der Waals surface area contributed by atoms with Crippen molar-refractivity contribution in [2.24, 2.45) is 0 Å². The van der Waals surface area contributed by atoms with Crippen LogP contribution >= 0.6 is 23.2 Å². The molecule has 1 aromatic heterocycles. The summed E-state index contributed by atoms with van der Waals surface area (Å²) in [5.74, 6) is -5.96. The van der Waals surface area contributed by atoms with E-state index in [1.807, 2.05) is 13.8 Å². The summed E-state index contributed by atoms with van der Waals surface area (Å²) in [4.78, 5) is 14.6. The first-order valence-corrected chi connectivity index (χ1v) is 12.5. The molecule has 36 heavy (non-hydrogen) atoms. The quantitative estimate of drug-likeness (QED) is 0.363. The molecule has 0 saturated carbocycles. The van der Waals surface area contributed by atoms with Crippen molar-refractivity contribution >= 4 is 40.1 Å². The van der Waals surface area contributed by atoms with E-state index in [0.717, 1.165) is 18.9 Å². The molecule has 1 aliphatic rings. The van der Waals surface area contributed by atoms with Crippen LogP contribution in [-0.4, -0.2) is 41.1 Å². The van der Waals surface area contributed by atoms with Gasteiger partial charge in [0.25, 0.3) is 5.91 Å². The van der Waals surface area contributed by atoms with Gasteiger partial charge in [-0.15, -0.1) is 0 Å². The van der Waals surface area contributed by atoms with Crippen molar-refractivity contribution in [3.63, 3.8) is 0 Å². The van der Waals surface area contributed by atoms with E-state index in [2.05, 4.69) is 5.32 Å². The minimum absolute atomic E-state index is 0.111. The van der Waals surface area contributed by atoms with E-state index in [4.69, 9.17) is 32.4 Å². The molecular formula is C26H28Cl2F2N2O4. The van der Waals surface area contributed by atoms with Crippen LogP contribution in [-0.2, 0) is 16.4 Å². The third kappa shape index (κ3) is 5.05. The predicted octanol–water partition coefficient (Wildman–Crippen LogP) is 6.06. The van der Waals surface area contributed by atoms with E-state index in [1.54, 1.807) is 23.1 Å². The van der Waals surface area contributed by atoms with Crippen molar-refractivity contribution < 1.29 is 27.8 Å². The summed E-state index contributed by atoms with van der Waals surface area (Å²) < 4.78 is 41.3. The maximum atomic E-state index is 15.2. The largest absolute Gasteiger partial charge is 0.489 e. The number of hydrogen-bond donors (Lipinski definition) is 2. The Labute approximate surface area is 218 Å². The summed E-state index contributed by atoms with van der Waals surface area (Å²) in [6, 6.07) is 9.21. The molecular weight excluding hydrogens is 513 g/mol. The summed E-state index contributed by atoms with van der Waals surface area (Å²) in [5, 5.41) is 15.2. The lowest BCUT2D eigenvalue weighted by Crippen LogP contribution is -2.59. The van der Waals surface area contributed by atoms with Gasteiger partial charge in [-0.3, -0.25) is 9.69 Å². The number of nitrogens with one attached hydrogen (secondary N) is 1. The Balaban J connectivity index is 1.63. The lowest BCUT2D eigenvalue weighted by Gasteiger charge is -2.42. The Bertz CT molecular complexity index is 1260. The van der Waals surface area contributed by atoms with Gasteiger partial charge in [-0.05, 0) is 70.0 Å². The van der Waals surface area contributed by atoms with E-state index >= 15 is 8.78 Å². The van der Waals surface area contributed by atoms with E-state index in [1.165, 1.54) is 25.1 Å². The molecule has 2 aromatic carbocycles. The Morgan fingerprint density at radius 2 is 1.81 bits per heavy atom. The predicted molar refractivity (Wildman–Crippen MR) is 135 cm³/mol. The fourth-order valence-corrected chi connectivity index (χ4v) is 4.92. The summed E-state index contributed by atoms with van der Waals surface area (Å²) >= 11 is 12.3. The van der Waals surface area contributed by atoms with Crippen molar-refractivity contribution in [2.45, 2.75) is 57.4 Å². The Hall–Kier alpha value is -2.39. The number of likely N-dealkylation sites (tertiary alicyclic amines) is 1. The molecule has 0 unspecified atom stereocenters. The highest BCUT2D eigenvalue weighted by Crippen LogP contribution is 2.38. The molecule has 6 nitrogen and oxygen atoms in total. The number of ether oxygens (including phenoxy) is 1. The van der Waals surface area contributed by atoms with Crippen LogP contribution in [0.5, 0.6) is 5.75 Å². The van der Waals surface area contributed by atoms with Gasteiger partial charge in [-0.2, -0.15) is 8.78 Å². The summed E-state index contributed by atoms with van der Waals surface area (Å²) in [5.41, 5.74) is -1.24. The number of alkyl halides is 2. The highest BCUT2D eigenvalue weighted by atomic mass is 35.5. The van der Waals surface area contributed by atoms with Crippen LogP contribution in [0.4, 0.5) is 8.78 Å². The molecule has 194 valence electrons. The van der Waals surface area contributed by atoms with E-state index in [0.29, 0.717) is 34.8 Å². The van der Waals surface area contributed by atoms with E-state index in [9.17, 15) is 9.90 Å². The number of carbonyl (C=O) groups is 1. The molecule has 2 heterocycles. The second-order valence-corrected chi connectivity index (χ2v) is 10.1. The first-order valence-electron chi connectivity index (χ1n) is 11.8. The van der Waals surface area contributed by atoms with Gasteiger partial charge in [0.1, 0.15) is 11.3 Å². The number of fused-ring (bicyclic) bond motifs is 1. The maximum absolute atomic E-state index is 15.2. The highest BCUT2D eigenvalue weighted by Gasteiger charge is 2.49. The lowest BCUT2D eigenvalue weighted by atomic mass is 9.93. The van der Waals surface area contributed by atoms with Crippen LogP contribution in [0.15, 0.2) is 46.9 Å². The second kappa shape index (κ2) is 10.2. The number of aliphatic hydroxyl groups is 1. The Kier molecular flexibility index (Phi) is 7.53. The number of hydrogen-bond acceptors (Lipinski definition) is 5. The SMILES string of the molecule is CC(C)Oc1ccc([C@@](O)([C@@H](C)NC(=O)C(F)(F)c2cc3cc(Cl)ccc3o2)N2CCCC2)cc1Cl. The molecule has 0 aliphatic carbocycles. The minimum Gasteiger partial charge on any atom is -0.489 e. The molecule has 10 heteroatoms. The molecule has 0 bridgehead atoms. The van der Waals surface area contributed by atoms with Crippen LogP contribution in [0.3, 0.4) is 0 Å². The van der Waals surface area contributed by atoms with Crippen LogP contribution in [0.25, 0.3) is 11.0 Å². The van der Waals surface area contributed by atoms with Crippen molar-refractivity contribution in [3.05, 3.63) is 63.8 Å². The molecule has 2 N–H and O–H groups in total. The zero-order valence-electron chi connectivity index (χ0n) is 20.2. The van der Waals surface area contributed by atoms with Crippen molar-refractivity contribution in [1.29, 1.82) is 0 Å². The molecule has 1 amide bonds. The minimum atomic E-state index is -3.99. The summed E-state index contributed by atoms with van der Waals surface area (Å²) in [6.07, 6.45) is 1.53. The second-order valence-electron chi connectivity index (χ2n) is 9.29. The first kappa shape index (κ1) is 26.7. The van der Waals surface area contributed by atoms with Crippen molar-refractivity contribution in [3.8, 4) is 5.75 Å². The van der Waals surface area contributed by atoms with Gasteiger partial charge in [-0.1, -0.05) is 29.3 Å². The van der Waals surface area contributed by atoms with Gasteiger partial charge in [0.2, 0.25) is 0 Å². The summed E-state index contributed by atoms with van der Waals surface area (Å²) in [6.45, 7) is 6.26. The number of nitrogens with zero attached hydrogens (tertiary/aromatic N) is 1. The zero-order chi connectivity index (χ0) is 26.3. The number of halogens is 4. The number of amides is 1. The number of furan rings is 1. The van der Waals surface area contributed by atoms with Gasteiger partial charge < -0.3 is 19.6 Å². The topological polar surface area (TPSA) is 74.9 Å². The molecule has 0 radical (unpaired) electrons. The zero-order valence-corrected chi connectivity index (χ0v) is 21.7. The van der Waals surface area contributed by atoms with Crippen molar-refractivity contribution in [2.75, 3.05) is 13.1 Å². The molecule has 4 rings (SSSR count). The normalized spacial score (nSPS) is 17.4. The Morgan fingerprint density at radius 1 is 1.11 bits per heavy atom. The summed E-state index contributed by atoms with van der Waals surface area (Å²) in [7, 11) is 0. The molecule has 0 spiro atoms. The van der Waals surface area contributed by atoms with Gasteiger partial charge in [0.15, 0.2) is 11.5 Å². The highest BCUT2D eigenvalue weighted by molar-refractivity contribution is 6.32. The van der Waals surface area contributed by atoms with Gasteiger partial charge >= 0.3 is 5.92 Å². The lowest BCUT2D eigenvalue weighted by molar-refractivity contribution is -0.161. The fourth-order valence-electron chi connectivity index (χ4n) is 4.51. The third-order valence-corrected chi connectivity index (χ3v) is 6.86. The van der Waals surface area contributed by atoms with Crippen molar-refractivity contribution in [1.82, 2.24) is 10.2 Å². The average molecular weight is 541 g/mol. The number of rotatable bonds is 8. The number of carbonyl (C=O) groups excluding carboxylic acids is 1. The third-order valence-electron chi connectivity index (χ3n) is 6.33. The van der Waals surface area contributed by atoms with Crippen LogP contribution in [0, 0.1) is 0 Å². The van der Waals surface area contributed by atoms with Gasteiger partial charge in [-0.25, -0.2) is 0 Å². The van der Waals surface area contributed by atoms with E-state index < -0.39 is 29.4 Å². The Morgan fingerprint density at radius 3 is 2.44 bits per heavy atom. The first-order chi connectivity index (χ1) is 16.9. The van der Waals surface area contributed by atoms with Gasteiger partial charge in [0.05, 0.1) is 17.2 Å². The molecule has 1 saturated heterocycles. The van der Waals surface area contributed by atoms with Crippen LogP contribution in [0.2, 0.25) is 10.0 Å². The fraction of sp³-hybridized carbons (Fsp3) is 0.423. The van der Waals surface area contributed by atoms with E-state index in [-0.39, 0.29) is 16.7 Å². The van der Waals surface area contributed by atoms with Crippen LogP contribution in [0.1, 0.15) is 44.9 Å². The molecule has 1 aliphatic heterocycles. The average Bonchev–Trinajstić information content (AvgIpc) is 3.49. The maximum Gasteiger partial charge on any atom is 0.380 e. The monoisotopic (exact) mass is 540 g/mol. The standard InChI is InChI=1S/C26H28Cl2F2N2O4/c1-15(2)35-22-8-6-18(14-20(22)28)26(34,32-10-4-5-11-32)16(3)31-24(33)25(29,30)23-13-17-12-19(27)7-9-21(17)36-23/h6-9,12-16,34H,4-5,10-11H2,1-3H3,(H,31,33)/t16-,26+/m1/s1. The van der Waals surface area contributed by atoms with Crippen LogP contribution < -0.4 is 10.1 Å². The molecule has 3 aromatic rings.